The quantitative estimate of drug-likeness (QED) is 0.588. The molecule has 0 bridgehead atoms. The molecule has 1 aliphatic heterocycles. The average molecular weight is 214 g/mol. The van der Waals surface area contributed by atoms with Crippen LogP contribution in [0.5, 0.6) is 0 Å². The van der Waals surface area contributed by atoms with Gasteiger partial charge in [-0.25, -0.2) is 0 Å². The Bertz CT molecular complexity index is 213. The van der Waals surface area contributed by atoms with Gasteiger partial charge >= 0.3 is 0 Å². The highest BCUT2D eigenvalue weighted by molar-refractivity contribution is 5.80. The van der Waals surface area contributed by atoms with Gasteiger partial charge in [0.15, 0.2) is 0 Å². The molecule has 3 N–H and O–H groups in total. The standard InChI is InChI=1S/C11H22N2O2/c1-11(2,4-3-5-14)8-13-10(15)9-6-12-7-9/h9,12,14H,3-8H2,1-2H3,(H,13,15). The van der Waals surface area contributed by atoms with Gasteiger partial charge in [0.1, 0.15) is 0 Å². The predicted molar refractivity (Wildman–Crippen MR) is 59.5 cm³/mol. The Balaban J connectivity index is 2.18. The number of hydrogen-bond donors (Lipinski definition) is 3. The SMILES string of the molecule is CC(C)(CCCO)CNC(=O)C1CNC1. The Morgan fingerprint density at radius 2 is 2.20 bits per heavy atom. The first-order chi connectivity index (χ1) is 7.05. The number of aliphatic hydroxyl groups is 1. The van der Waals surface area contributed by atoms with E-state index in [2.05, 4.69) is 24.5 Å². The van der Waals surface area contributed by atoms with Crippen LogP contribution in [-0.4, -0.2) is 37.3 Å². The molecule has 1 amide bonds. The second-order valence-corrected chi connectivity index (χ2v) is 5.06. The van der Waals surface area contributed by atoms with Gasteiger partial charge < -0.3 is 15.7 Å². The molecule has 0 radical (unpaired) electrons. The van der Waals surface area contributed by atoms with Crippen molar-refractivity contribution >= 4 is 5.91 Å². The summed E-state index contributed by atoms with van der Waals surface area (Å²) in [7, 11) is 0. The molecule has 15 heavy (non-hydrogen) atoms. The van der Waals surface area contributed by atoms with E-state index in [4.69, 9.17) is 5.11 Å². The number of aliphatic hydroxyl groups excluding tert-OH is 1. The predicted octanol–water partition coefficient (Wildman–Crippen LogP) is 0.121. The molecule has 4 nitrogen and oxygen atoms in total. The maximum Gasteiger partial charge on any atom is 0.225 e. The number of rotatable bonds is 6. The van der Waals surface area contributed by atoms with Crippen LogP contribution in [0.1, 0.15) is 26.7 Å². The molecule has 1 aliphatic rings. The minimum absolute atomic E-state index is 0.0789. The van der Waals surface area contributed by atoms with Gasteiger partial charge in [0.2, 0.25) is 5.91 Å². The van der Waals surface area contributed by atoms with E-state index in [9.17, 15) is 4.79 Å². The van der Waals surface area contributed by atoms with Crippen molar-refractivity contribution in [3.63, 3.8) is 0 Å². The summed E-state index contributed by atoms with van der Waals surface area (Å²) < 4.78 is 0. The van der Waals surface area contributed by atoms with E-state index >= 15 is 0 Å². The fourth-order valence-corrected chi connectivity index (χ4v) is 1.59. The van der Waals surface area contributed by atoms with Gasteiger partial charge in [-0.3, -0.25) is 4.79 Å². The van der Waals surface area contributed by atoms with E-state index in [1.54, 1.807) is 0 Å². The highest BCUT2D eigenvalue weighted by Crippen LogP contribution is 2.20. The van der Waals surface area contributed by atoms with Gasteiger partial charge in [0.25, 0.3) is 0 Å². The van der Waals surface area contributed by atoms with Crippen LogP contribution < -0.4 is 10.6 Å². The Morgan fingerprint density at radius 1 is 1.53 bits per heavy atom. The van der Waals surface area contributed by atoms with Crippen molar-refractivity contribution in [2.24, 2.45) is 11.3 Å². The summed E-state index contributed by atoms with van der Waals surface area (Å²) in [5, 5.41) is 14.8. The van der Waals surface area contributed by atoms with Gasteiger partial charge in [-0.1, -0.05) is 13.8 Å². The number of amides is 1. The van der Waals surface area contributed by atoms with E-state index in [1.165, 1.54) is 0 Å². The van der Waals surface area contributed by atoms with Crippen LogP contribution >= 0.6 is 0 Å². The van der Waals surface area contributed by atoms with Gasteiger partial charge in [0, 0.05) is 26.2 Å². The zero-order valence-electron chi connectivity index (χ0n) is 9.68. The van der Waals surface area contributed by atoms with E-state index < -0.39 is 0 Å². The van der Waals surface area contributed by atoms with Gasteiger partial charge in [-0.15, -0.1) is 0 Å². The van der Waals surface area contributed by atoms with Crippen molar-refractivity contribution in [1.29, 1.82) is 0 Å². The van der Waals surface area contributed by atoms with Crippen LogP contribution in [0.15, 0.2) is 0 Å². The van der Waals surface area contributed by atoms with Crippen molar-refractivity contribution in [3.8, 4) is 0 Å². The largest absolute Gasteiger partial charge is 0.396 e. The van der Waals surface area contributed by atoms with E-state index in [0.717, 1.165) is 25.9 Å². The van der Waals surface area contributed by atoms with E-state index in [-0.39, 0.29) is 23.8 Å². The number of carbonyl (C=O) groups is 1. The molecule has 1 heterocycles. The minimum atomic E-state index is 0.0789. The molecule has 0 unspecified atom stereocenters. The number of carbonyl (C=O) groups excluding carboxylic acids is 1. The Morgan fingerprint density at radius 3 is 2.67 bits per heavy atom. The minimum Gasteiger partial charge on any atom is -0.396 e. The highest BCUT2D eigenvalue weighted by Gasteiger charge is 2.26. The number of nitrogens with one attached hydrogen (secondary N) is 2. The maximum atomic E-state index is 11.5. The normalized spacial score (nSPS) is 17.3. The molecule has 1 saturated heterocycles. The first kappa shape index (κ1) is 12.5. The van der Waals surface area contributed by atoms with Crippen molar-refractivity contribution < 1.29 is 9.90 Å². The van der Waals surface area contributed by atoms with Gasteiger partial charge in [-0.05, 0) is 18.3 Å². The molecule has 1 rings (SSSR count). The van der Waals surface area contributed by atoms with Crippen LogP contribution in [0, 0.1) is 11.3 Å². The first-order valence-corrected chi connectivity index (χ1v) is 5.64. The average Bonchev–Trinajstić information content (AvgIpc) is 2.09. The molecule has 1 fully saturated rings. The lowest BCUT2D eigenvalue weighted by molar-refractivity contribution is -0.126. The Kier molecular flexibility index (Phi) is 4.54. The molecule has 0 aliphatic carbocycles. The van der Waals surface area contributed by atoms with Crippen molar-refractivity contribution in [2.45, 2.75) is 26.7 Å². The third-order valence-corrected chi connectivity index (χ3v) is 2.91. The van der Waals surface area contributed by atoms with Crippen molar-refractivity contribution in [3.05, 3.63) is 0 Å². The molecule has 0 aromatic carbocycles. The van der Waals surface area contributed by atoms with Crippen molar-refractivity contribution in [1.82, 2.24) is 10.6 Å². The summed E-state index contributed by atoms with van der Waals surface area (Å²) in [5.74, 6) is 0.324. The van der Waals surface area contributed by atoms with Crippen LogP contribution in [0.3, 0.4) is 0 Å². The van der Waals surface area contributed by atoms with Crippen LogP contribution in [0.2, 0.25) is 0 Å². The van der Waals surface area contributed by atoms with Crippen LogP contribution in [0.4, 0.5) is 0 Å². The molecule has 0 aromatic rings. The summed E-state index contributed by atoms with van der Waals surface area (Å²) in [6, 6.07) is 0. The molecule has 4 heteroatoms. The van der Waals surface area contributed by atoms with Gasteiger partial charge in [0.05, 0.1) is 5.92 Å². The third-order valence-electron chi connectivity index (χ3n) is 2.91. The molecular weight excluding hydrogens is 192 g/mol. The Labute approximate surface area is 91.4 Å². The van der Waals surface area contributed by atoms with Crippen molar-refractivity contribution in [2.75, 3.05) is 26.2 Å². The van der Waals surface area contributed by atoms with E-state index in [1.807, 2.05) is 0 Å². The number of hydrogen-bond acceptors (Lipinski definition) is 3. The maximum absolute atomic E-state index is 11.5. The van der Waals surface area contributed by atoms with Gasteiger partial charge in [-0.2, -0.15) is 0 Å². The molecular formula is C11H22N2O2. The lowest BCUT2D eigenvalue weighted by atomic mass is 9.87. The zero-order chi connectivity index (χ0) is 11.3. The zero-order valence-corrected chi connectivity index (χ0v) is 9.68. The van der Waals surface area contributed by atoms with Crippen LogP contribution in [-0.2, 0) is 4.79 Å². The highest BCUT2D eigenvalue weighted by atomic mass is 16.2. The summed E-state index contributed by atoms with van der Waals surface area (Å²) in [6.07, 6.45) is 1.74. The third kappa shape index (κ3) is 4.18. The Hall–Kier alpha value is -0.610. The second kappa shape index (κ2) is 5.47. The summed E-state index contributed by atoms with van der Waals surface area (Å²) in [4.78, 5) is 11.5. The molecule has 0 saturated carbocycles. The molecule has 0 aromatic heterocycles. The smallest absolute Gasteiger partial charge is 0.225 e. The molecule has 88 valence electrons. The summed E-state index contributed by atoms with van der Waals surface area (Å²) >= 11 is 0. The lowest BCUT2D eigenvalue weighted by Crippen LogP contribution is -2.52. The molecule has 0 spiro atoms. The summed E-state index contributed by atoms with van der Waals surface area (Å²) in [6.45, 7) is 6.77. The second-order valence-electron chi connectivity index (χ2n) is 5.06. The molecule has 0 atom stereocenters. The fraction of sp³-hybridized carbons (Fsp3) is 0.909. The monoisotopic (exact) mass is 214 g/mol. The van der Waals surface area contributed by atoms with Crippen LogP contribution in [0.25, 0.3) is 0 Å². The fourth-order valence-electron chi connectivity index (χ4n) is 1.59. The lowest BCUT2D eigenvalue weighted by Gasteiger charge is -2.29. The topological polar surface area (TPSA) is 61.4 Å². The first-order valence-electron chi connectivity index (χ1n) is 5.64. The summed E-state index contributed by atoms with van der Waals surface area (Å²) in [5.41, 5.74) is 0.0789. The van der Waals surface area contributed by atoms with E-state index in [0.29, 0.717) is 6.54 Å².